The Balaban J connectivity index is 1.54. The van der Waals surface area contributed by atoms with E-state index in [1.54, 1.807) is 0 Å². The third-order valence-electron chi connectivity index (χ3n) is 6.41. The summed E-state index contributed by atoms with van der Waals surface area (Å²) in [6, 6.07) is 42.9. The smallest absolute Gasteiger partial charge is 0.164 e. The van der Waals surface area contributed by atoms with Crippen molar-refractivity contribution in [2.24, 2.45) is 0 Å². The molecule has 0 spiro atoms. The minimum atomic E-state index is 0.631. The Bertz CT molecular complexity index is 1660. The highest BCUT2D eigenvalue weighted by Crippen LogP contribution is 2.36. The van der Waals surface area contributed by atoms with Gasteiger partial charge in [0.2, 0.25) is 0 Å². The molecule has 6 rings (SSSR count). The number of benzene rings is 5. The maximum Gasteiger partial charge on any atom is 0.164 e. The Morgan fingerprint density at radius 2 is 0.895 bits per heavy atom. The van der Waals surface area contributed by atoms with Gasteiger partial charge in [0, 0.05) is 21.7 Å². The van der Waals surface area contributed by atoms with E-state index in [4.69, 9.17) is 26.6 Å². The summed E-state index contributed by atoms with van der Waals surface area (Å²) in [5, 5.41) is 0.695. The van der Waals surface area contributed by atoms with Crippen LogP contribution in [0, 0.1) is 6.92 Å². The summed E-state index contributed by atoms with van der Waals surface area (Å²) < 4.78 is 0. The first-order valence-electron chi connectivity index (χ1n) is 12.5. The molecule has 1 heterocycles. The van der Waals surface area contributed by atoms with E-state index in [-0.39, 0.29) is 0 Å². The van der Waals surface area contributed by atoms with Gasteiger partial charge in [0.25, 0.3) is 0 Å². The minimum absolute atomic E-state index is 0.631. The van der Waals surface area contributed by atoms with Crippen LogP contribution >= 0.6 is 11.6 Å². The molecule has 0 aliphatic carbocycles. The predicted molar refractivity (Wildman–Crippen MR) is 157 cm³/mol. The van der Waals surface area contributed by atoms with Crippen molar-refractivity contribution in [3.05, 3.63) is 138 Å². The first-order valence-corrected chi connectivity index (χ1v) is 12.9. The molecule has 38 heavy (non-hydrogen) atoms. The van der Waals surface area contributed by atoms with Gasteiger partial charge in [-0.2, -0.15) is 0 Å². The van der Waals surface area contributed by atoms with Crippen molar-refractivity contribution in [1.82, 2.24) is 15.0 Å². The molecule has 0 N–H and O–H groups in total. The Morgan fingerprint density at radius 1 is 0.421 bits per heavy atom. The van der Waals surface area contributed by atoms with Crippen molar-refractivity contribution in [2.75, 3.05) is 0 Å². The van der Waals surface area contributed by atoms with Gasteiger partial charge in [-0.15, -0.1) is 0 Å². The highest BCUT2D eigenvalue weighted by Gasteiger charge is 2.15. The molecule has 4 heteroatoms. The maximum atomic E-state index is 6.50. The van der Waals surface area contributed by atoms with Crippen LogP contribution < -0.4 is 0 Å². The molecule has 3 nitrogen and oxygen atoms in total. The van der Waals surface area contributed by atoms with Crippen LogP contribution in [-0.2, 0) is 0 Å². The zero-order valence-electron chi connectivity index (χ0n) is 20.8. The molecule has 0 radical (unpaired) electrons. The van der Waals surface area contributed by atoms with Crippen LogP contribution in [0.2, 0.25) is 5.02 Å². The van der Waals surface area contributed by atoms with Crippen LogP contribution in [0.3, 0.4) is 0 Å². The van der Waals surface area contributed by atoms with Crippen LogP contribution in [0.15, 0.2) is 127 Å². The topological polar surface area (TPSA) is 38.7 Å². The van der Waals surface area contributed by atoms with Gasteiger partial charge in [0.05, 0.1) is 0 Å². The molecule has 0 atom stereocenters. The molecule has 0 fully saturated rings. The molecule has 182 valence electrons. The Kier molecular flexibility index (Phi) is 6.51. The summed E-state index contributed by atoms with van der Waals surface area (Å²) in [7, 11) is 0. The van der Waals surface area contributed by atoms with Gasteiger partial charge in [-0.3, -0.25) is 0 Å². The number of nitrogens with zero attached hydrogens (tertiary/aromatic N) is 3. The quantitative estimate of drug-likeness (QED) is 0.232. The average molecular weight is 510 g/mol. The van der Waals surface area contributed by atoms with Crippen LogP contribution in [0.1, 0.15) is 5.56 Å². The van der Waals surface area contributed by atoms with Crippen LogP contribution in [-0.4, -0.2) is 15.0 Å². The SMILES string of the molecule is Cc1cc(-c2nc(-c3ccccc3)nc(-c3ccccc3)n2)cc(-c2cc(Cl)ccc2-c2ccccc2)c1. The van der Waals surface area contributed by atoms with E-state index in [1.165, 1.54) is 0 Å². The van der Waals surface area contributed by atoms with Gasteiger partial charge in [-0.1, -0.05) is 115 Å². The number of aromatic nitrogens is 3. The first kappa shape index (κ1) is 23.8. The van der Waals surface area contributed by atoms with Gasteiger partial charge < -0.3 is 0 Å². The van der Waals surface area contributed by atoms with E-state index in [9.17, 15) is 0 Å². The lowest BCUT2D eigenvalue weighted by Gasteiger charge is -2.14. The van der Waals surface area contributed by atoms with Crippen LogP contribution in [0.25, 0.3) is 56.4 Å². The van der Waals surface area contributed by atoms with E-state index < -0.39 is 0 Å². The van der Waals surface area contributed by atoms with E-state index in [2.05, 4.69) is 55.5 Å². The molecule has 0 aliphatic heterocycles. The molecule has 0 amide bonds. The fourth-order valence-electron chi connectivity index (χ4n) is 4.63. The second kappa shape index (κ2) is 10.4. The average Bonchev–Trinajstić information content (AvgIpc) is 2.98. The predicted octanol–water partition coefficient (Wildman–Crippen LogP) is 9.17. The van der Waals surface area contributed by atoms with Gasteiger partial charge in [-0.25, -0.2) is 15.0 Å². The second-order valence-corrected chi connectivity index (χ2v) is 9.62. The standard InChI is InChI=1S/C34H24ClN3/c1-23-19-27(31-22-29(35)17-18-30(31)24-11-5-2-6-12-24)21-28(20-23)34-37-32(25-13-7-3-8-14-25)36-33(38-34)26-15-9-4-10-16-26/h2-22H,1H3. The zero-order chi connectivity index (χ0) is 25.9. The third-order valence-corrected chi connectivity index (χ3v) is 6.65. The van der Waals surface area contributed by atoms with E-state index >= 15 is 0 Å². The molecule has 0 aliphatic rings. The first-order chi connectivity index (χ1) is 18.6. The van der Waals surface area contributed by atoms with Gasteiger partial charge in [0.1, 0.15) is 0 Å². The second-order valence-electron chi connectivity index (χ2n) is 9.18. The van der Waals surface area contributed by atoms with E-state index in [0.29, 0.717) is 22.5 Å². The Hall–Kier alpha value is -4.60. The summed E-state index contributed by atoms with van der Waals surface area (Å²) in [5.41, 5.74) is 8.32. The van der Waals surface area contributed by atoms with Crippen molar-refractivity contribution in [3.8, 4) is 56.4 Å². The lowest BCUT2D eigenvalue weighted by atomic mass is 9.92. The van der Waals surface area contributed by atoms with E-state index in [0.717, 1.165) is 44.5 Å². The number of aryl methyl sites for hydroxylation is 1. The van der Waals surface area contributed by atoms with Crippen molar-refractivity contribution in [2.45, 2.75) is 6.92 Å². The van der Waals surface area contributed by atoms with Crippen LogP contribution in [0.5, 0.6) is 0 Å². The summed E-state index contributed by atoms with van der Waals surface area (Å²) in [6.45, 7) is 2.09. The van der Waals surface area contributed by atoms with Gasteiger partial charge >= 0.3 is 0 Å². The Labute approximate surface area is 227 Å². The fraction of sp³-hybridized carbons (Fsp3) is 0.0294. The fourth-order valence-corrected chi connectivity index (χ4v) is 4.80. The zero-order valence-corrected chi connectivity index (χ0v) is 21.6. The molecule has 0 unspecified atom stereocenters. The molecule has 6 aromatic rings. The number of hydrogen-bond donors (Lipinski definition) is 0. The summed E-state index contributed by atoms with van der Waals surface area (Å²) >= 11 is 6.50. The third kappa shape index (κ3) is 4.97. The number of hydrogen-bond acceptors (Lipinski definition) is 3. The molecular weight excluding hydrogens is 486 g/mol. The lowest BCUT2D eigenvalue weighted by Crippen LogP contribution is -2.00. The highest BCUT2D eigenvalue weighted by atomic mass is 35.5. The van der Waals surface area contributed by atoms with Crippen molar-refractivity contribution in [3.63, 3.8) is 0 Å². The molecule has 0 saturated carbocycles. The molecule has 1 aromatic heterocycles. The largest absolute Gasteiger partial charge is 0.208 e. The van der Waals surface area contributed by atoms with Gasteiger partial charge in [0.15, 0.2) is 17.5 Å². The Morgan fingerprint density at radius 3 is 1.45 bits per heavy atom. The lowest BCUT2D eigenvalue weighted by molar-refractivity contribution is 1.07. The summed E-state index contributed by atoms with van der Waals surface area (Å²) in [6.07, 6.45) is 0. The summed E-state index contributed by atoms with van der Waals surface area (Å²) in [4.78, 5) is 14.7. The van der Waals surface area contributed by atoms with Crippen molar-refractivity contribution < 1.29 is 0 Å². The molecule has 5 aromatic carbocycles. The van der Waals surface area contributed by atoms with Crippen LogP contribution in [0.4, 0.5) is 0 Å². The van der Waals surface area contributed by atoms with E-state index in [1.807, 2.05) is 78.9 Å². The van der Waals surface area contributed by atoms with Crippen molar-refractivity contribution >= 4 is 11.6 Å². The molecular formula is C34H24ClN3. The minimum Gasteiger partial charge on any atom is -0.208 e. The highest BCUT2D eigenvalue weighted by molar-refractivity contribution is 6.31. The monoisotopic (exact) mass is 509 g/mol. The number of halogens is 1. The van der Waals surface area contributed by atoms with Gasteiger partial charge in [-0.05, 0) is 59.0 Å². The maximum absolute atomic E-state index is 6.50. The number of rotatable bonds is 5. The summed E-state index contributed by atoms with van der Waals surface area (Å²) in [5.74, 6) is 1.92. The molecule has 0 saturated heterocycles. The molecule has 0 bridgehead atoms. The van der Waals surface area contributed by atoms with Crippen molar-refractivity contribution in [1.29, 1.82) is 0 Å². The normalized spacial score (nSPS) is 10.9.